The van der Waals surface area contributed by atoms with Crippen LogP contribution >= 0.6 is 0 Å². The molecule has 0 radical (unpaired) electrons. The molecule has 1 aromatic rings. The lowest BCUT2D eigenvalue weighted by molar-refractivity contribution is 0.651. The van der Waals surface area contributed by atoms with Crippen LogP contribution in [-0.2, 0) is 0 Å². The molecule has 2 heteroatoms. The van der Waals surface area contributed by atoms with Crippen LogP contribution in [0.15, 0.2) is 24.3 Å². The third kappa shape index (κ3) is 3.86. The van der Waals surface area contributed by atoms with Crippen molar-refractivity contribution in [2.24, 2.45) is 0 Å². The summed E-state index contributed by atoms with van der Waals surface area (Å²) in [5.41, 5.74) is 2.55. The summed E-state index contributed by atoms with van der Waals surface area (Å²) in [5.74, 6) is 0. The molecule has 2 unspecified atom stereocenters. The van der Waals surface area contributed by atoms with Gasteiger partial charge in [0.15, 0.2) is 0 Å². The van der Waals surface area contributed by atoms with Crippen molar-refractivity contribution in [3.05, 3.63) is 29.8 Å². The van der Waals surface area contributed by atoms with Crippen LogP contribution in [0.2, 0.25) is 0 Å². The second-order valence-electron chi connectivity index (χ2n) is 4.47. The molecule has 2 N–H and O–H groups in total. The molecule has 1 aromatic carbocycles. The van der Waals surface area contributed by atoms with E-state index in [-0.39, 0.29) is 0 Å². The van der Waals surface area contributed by atoms with Gasteiger partial charge >= 0.3 is 0 Å². The fraction of sp³-hybridized carbons (Fsp3) is 0.571. The number of rotatable bonds is 6. The minimum absolute atomic E-state index is 0.406. The van der Waals surface area contributed by atoms with Crippen LogP contribution in [0.5, 0.6) is 0 Å². The van der Waals surface area contributed by atoms with Gasteiger partial charge in [0.05, 0.1) is 0 Å². The minimum atomic E-state index is 0.406. The Hall–Kier alpha value is -1.02. The van der Waals surface area contributed by atoms with Crippen molar-refractivity contribution in [2.75, 3.05) is 12.4 Å². The summed E-state index contributed by atoms with van der Waals surface area (Å²) in [7, 11) is 1.99. The zero-order valence-electron chi connectivity index (χ0n) is 10.9. The highest BCUT2D eigenvalue weighted by atomic mass is 14.9. The SMILES string of the molecule is CCCC(C)Nc1cccc(C(C)NC)c1. The van der Waals surface area contributed by atoms with Gasteiger partial charge in [-0.3, -0.25) is 0 Å². The molecule has 0 bridgehead atoms. The average molecular weight is 220 g/mol. The van der Waals surface area contributed by atoms with Crippen LogP contribution in [0.1, 0.15) is 45.2 Å². The van der Waals surface area contributed by atoms with E-state index >= 15 is 0 Å². The Morgan fingerprint density at radius 2 is 2.00 bits per heavy atom. The first kappa shape index (κ1) is 13.0. The Kier molecular flexibility index (Phi) is 5.33. The first-order valence-electron chi connectivity index (χ1n) is 6.21. The largest absolute Gasteiger partial charge is 0.383 e. The van der Waals surface area contributed by atoms with E-state index in [1.807, 2.05) is 7.05 Å². The maximum absolute atomic E-state index is 3.53. The topological polar surface area (TPSA) is 24.1 Å². The summed E-state index contributed by atoms with van der Waals surface area (Å²) in [6, 6.07) is 9.60. The van der Waals surface area contributed by atoms with Gasteiger partial charge in [0.1, 0.15) is 0 Å². The van der Waals surface area contributed by atoms with Gasteiger partial charge in [-0.1, -0.05) is 25.5 Å². The van der Waals surface area contributed by atoms with E-state index < -0.39 is 0 Å². The zero-order valence-corrected chi connectivity index (χ0v) is 10.9. The van der Waals surface area contributed by atoms with Crippen molar-refractivity contribution < 1.29 is 0 Å². The molecule has 16 heavy (non-hydrogen) atoms. The fourth-order valence-corrected chi connectivity index (χ4v) is 1.85. The van der Waals surface area contributed by atoms with Crippen molar-refractivity contribution in [1.82, 2.24) is 5.32 Å². The average Bonchev–Trinajstić information content (AvgIpc) is 2.28. The maximum atomic E-state index is 3.53. The van der Waals surface area contributed by atoms with Crippen LogP contribution in [0.4, 0.5) is 5.69 Å². The normalized spacial score (nSPS) is 14.5. The molecule has 0 heterocycles. The second kappa shape index (κ2) is 6.54. The maximum Gasteiger partial charge on any atom is 0.0345 e. The monoisotopic (exact) mass is 220 g/mol. The number of anilines is 1. The van der Waals surface area contributed by atoms with Gasteiger partial charge in [-0.25, -0.2) is 0 Å². The molecule has 2 atom stereocenters. The van der Waals surface area contributed by atoms with Crippen molar-refractivity contribution >= 4 is 5.69 Å². The van der Waals surface area contributed by atoms with Crippen molar-refractivity contribution in [1.29, 1.82) is 0 Å². The molecule has 0 saturated carbocycles. The molecule has 2 nitrogen and oxygen atoms in total. The smallest absolute Gasteiger partial charge is 0.0345 e. The summed E-state index contributed by atoms with van der Waals surface area (Å²) in [5, 5.41) is 6.79. The van der Waals surface area contributed by atoms with Gasteiger partial charge in [0.2, 0.25) is 0 Å². The van der Waals surface area contributed by atoms with E-state index in [0.717, 1.165) is 0 Å². The number of hydrogen-bond acceptors (Lipinski definition) is 2. The summed E-state index contributed by atoms with van der Waals surface area (Å²) < 4.78 is 0. The molecule has 0 aliphatic heterocycles. The molecule has 0 aliphatic rings. The van der Waals surface area contributed by atoms with E-state index in [1.165, 1.54) is 24.1 Å². The van der Waals surface area contributed by atoms with Gasteiger partial charge in [0, 0.05) is 17.8 Å². The molecule has 0 aromatic heterocycles. The summed E-state index contributed by atoms with van der Waals surface area (Å²) in [6.45, 7) is 6.63. The summed E-state index contributed by atoms with van der Waals surface area (Å²) in [6.07, 6.45) is 2.44. The molecule has 1 rings (SSSR count). The molecule has 0 aliphatic carbocycles. The molecule has 0 amide bonds. The lowest BCUT2D eigenvalue weighted by atomic mass is 10.1. The molecule has 0 spiro atoms. The fourth-order valence-electron chi connectivity index (χ4n) is 1.85. The van der Waals surface area contributed by atoms with E-state index in [1.54, 1.807) is 0 Å². The number of hydrogen-bond donors (Lipinski definition) is 2. The van der Waals surface area contributed by atoms with E-state index in [9.17, 15) is 0 Å². The molecular weight excluding hydrogens is 196 g/mol. The van der Waals surface area contributed by atoms with E-state index in [0.29, 0.717) is 12.1 Å². The van der Waals surface area contributed by atoms with Crippen molar-refractivity contribution in [2.45, 2.75) is 45.7 Å². The number of benzene rings is 1. The van der Waals surface area contributed by atoms with Crippen LogP contribution in [-0.4, -0.2) is 13.1 Å². The zero-order chi connectivity index (χ0) is 12.0. The first-order chi connectivity index (χ1) is 7.67. The number of nitrogens with one attached hydrogen (secondary N) is 2. The molecule has 0 fully saturated rings. The first-order valence-corrected chi connectivity index (χ1v) is 6.21. The lowest BCUT2D eigenvalue weighted by Gasteiger charge is -2.17. The van der Waals surface area contributed by atoms with Crippen LogP contribution in [0, 0.1) is 0 Å². The predicted molar refractivity (Wildman–Crippen MR) is 71.9 cm³/mol. The lowest BCUT2D eigenvalue weighted by Crippen LogP contribution is -2.16. The highest BCUT2D eigenvalue weighted by Gasteiger charge is 2.04. The van der Waals surface area contributed by atoms with Gasteiger partial charge in [-0.2, -0.15) is 0 Å². The molecular formula is C14H24N2. The van der Waals surface area contributed by atoms with E-state index in [2.05, 4.69) is 55.7 Å². The van der Waals surface area contributed by atoms with Crippen LogP contribution in [0.25, 0.3) is 0 Å². The standard InChI is InChI=1S/C14H24N2/c1-5-7-11(2)16-14-9-6-8-13(10-14)12(3)15-4/h6,8-12,15-16H,5,7H2,1-4H3. The molecule has 0 saturated heterocycles. The highest BCUT2D eigenvalue weighted by Crippen LogP contribution is 2.18. The minimum Gasteiger partial charge on any atom is -0.383 e. The quantitative estimate of drug-likeness (QED) is 0.766. The third-order valence-electron chi connectivity index (χ3n) is 2.95. The summed E-state index contributed by atoms with van der Waals surface area (Å²) in [4.78, 5) is 0. The van der Waals surface area contributed by atoms with Gasteiger partial charge in [-0.05, 0) is 45.0 Å². The third-order valence-corrected chi connectivity index (χ3v) is 2.95. The predicted octanol–water partition coefficient (Wildman–Crippen LogP) is 3.57. The Morgan fingerprint density at radius 1 is 1.25 bits per heavy atom. The van der Waals surface area contributed by atoms with Gasteiger partial charge in [0.25, 0.3) is 0 Å². The second-order valence-corrected chi connectivity index (χ2v) is 4.47. The Morgan fingerprint density at radius 3 is 2.62 bits per heavy atom. The van der Waals surface area contributed by atoms with Gasteiger partial charge < -0.3 is 10.6 Å². The Labute approximate surface area is 99.5 Å². The van der Waals surface area contributed by atoms with Crippen LogP contribution in [0.3, 0.4) is 0 Å². The highest BCUT2D eigenvalue weighted by molar-refractivity contribution is 5.47. The Balaban J connectivity index is 2.67. The van der Waals surface area contributed by atoms with Crippen molar-refractivity contribution in [3.63, 3.8) is 0 Å². The summed E-state index contributed by atoms with van der Waals surface area (Å²) >= 11 is 0. The van der Waals surface area contributed by atoms with E-state index in [4.69, 9.17) is 0 Å². The Bertz CT molecular complexity index is 309. The van der Waals surface area contributed by atoms with Crippen molar-refractivity contribution in [3.8, 4) is 0 Å². The van der Waals surface area contributed by atoms with Gasteiger partial charge in [-0.15, -0.1) is 0 Å². The van der Waals surface area contributed by atoms with Crippen LogP contribution < -0.4 is 10.6 Å². The molecule has 90 valence electrons.